The molecule has 0 radical (unpaired) electrons. The van der Waals surface area contributed by atoms with Gasteiger partial charge >= 0.3 is 0 Å². The second-order valence-corrected chi connectivity index (χ2v) is 8.40. The molecule has 2 aliphatic rings. The van der Waals surface area contributed by atoms with Gasteiger partial charge in [-0.05, 0) is 71.4 Å². The van der Waals surface area contributed by atoms with Crippen LogP contribution in [0.4, 0.5) is 0 Å². The Kier molecular flexibility index (Phi) is 6.71. The van der Waals surface area contributed by atoms with E-state index in [1.165, 1.54) is 31.4 Å². The van der Waals surface area contributed by atoms with Gasteiger partial charge in [-0.15, -0.1) is 0 Å². The largest absolute Gasteiger partial charge is 0.355 e. The number of benzene rings is 1. The number of nitrogens with zero attached hydrogens (tertiary/aromatic N) is 2. The zero-order valence-corrected chi connectivity index (χ0v) is 16.5. The fourth-order valence-electron chi connectivity index (χ4n) is 4.57. The minimum Gasteiger partial charge on any atom is -0.355 e. The molecule has 0 unspecified atom stereocenters. The van der Waals surface area contributed by atoms with Gasteiger partial charge in [0.2, 0.25) is 5.91 Å². The summed E-state index contributed by atoms with van der Waals surface area (Å²) >= 11 is 0. The Morgan fingerprint density at radius 3 is 2.54 bits per heavy atom. The zero-order valence-electron chi connectivity index (χ0n) is 16.5. The first-order valence-corrected chi connectivity index (χ1v) is 10.3. The Labute approximate surface area is 158 Å². The molecule has 2 aliphatic heterocycles. The lowest BCUT2D eigenvalue weighted by Gasteiger charge is -2.41. The van der Waals surface area contributed by atoms with E-state index >= 15 is 0 Å². The summed E-state index contributed by atoms with van der Waals surface area (Å²) in [5.74, 6) is 0.221. The molecule has 2 heterocycles. The molecule has 1 amide bonds. The van der Waals surface area contributed by atoms with Gasteiger partial charge in [-0.3, -0.25) is 4.79 Å². The third-order valence-electron chi connectivity index (χ3n) is 6.58. The summed E-state index contributed by atoms with van der Waals surface area (Å²) < 4.78 is 0. The SMILES string of the molecule is CN1CCC(CNC(=O)CC[C@H]2CCCCN2C)(c2ccccc2)CC1. The molecule has 0 saturated carbocycles. The van der Waals surface area contributed by atoms with Crippen LogP contribution in [0.3, 0.4) is 0 Å². The van der Waals surface area contributed by atoms with E-state index in [2.05, 4.69) is 59.5 Å². The van der Waals surface area contributed by atoms with Crippen LogP contribution in [0.1, 0.15) is 50.5 Å². The first-order chi connectivity index (χ1) is 12.6. The fourth-order valence-corrected chi connectivity index (χ4v) is 4.57. The van der Waals surface area contributed by atoms with Crippen molar-refractivity contribution in [3.8, 4) is 0 Å². The highest BCUT2D eigenvalue weighted by Crippen LogP contribution is 2.34. The molecule has 144 valence electrons. The number of carbonyl (C=O) groups is 1. The van der Waals surface area contributed by atoms with E-state index in [1.807, 2.05) is 0 Å². The predicted molar refractivity (Wildman–Crippen MR) is 107 cm³/mol. The number of amides is 1. The van der Waals surface area contributed by atoms with Crippen LogP contribution in [-0.2, 0) is 10.2 Å². The van der Waals surface area contributed by atoms with Crippen molar-refractivity contribution in [2.45, 2.75) is 56.4 Å². The van der Waals surface area contributed by atoms with Crippen molar-refractivity contribution in [2.75, 3.05) is 40.3 Å². The summed E-state index contributed by atoms with van der Waals surface area (Å²) in [6, 6.07) is 11.4. The van der Waals surface area contributed by atoms with Gasteiger partial charge in [-0.25, -0.2) is 0 Å². The molecular formula is C22H35N3O. The first-order valence-electron chi connectivity index (χ1n) is 10.3. The third kappa shape index (κ3) is 4.86. The lowest BCUT2D eigenvalue weighted by atomic mass is 9.72. The second-order valence-electron chi connectivity index (χ2n) is 8.40. The second kappa shape index (κ2) is 9.01. The van der Waals surface area contributed by atoms with Crippen molar-refractivity contribution in [3.05, 3.63) is 35.9 Å². The van der Waals surface area contributed by atoms with E-state index < -0.39 is 0 Å². The van der Waals surface area contributed by atoms with Crippen molar-refractivity contribution in [3.63, 3.8) is 0 Å². The maximum Gasteiger partial charge on any atom is 0.220 e. The number of rotatable bonds is 6. The lowest BCUT2D eigenvalue weighted by Crippen LogP contribution is -2.48. The molecule has 4 nitrogen and oxygen atoms in total. The van der Waals surface area contributed by atoms with Crippen molar-refractivity contribution < 1.29 is 4.79 Å². The molecular weight excluding hydrogens is 322 g/mol. The topological polar surface area (TPSA) is 35.6 Å². The van der Waals surface area contributed by atoms with Crippen molar-refractivity contribution in [1.29, 1.82) is 0 Å². The van der Waals surface area contributed by atoms with E-state index in [4.69, 9.17) is 0 Å². The molecule has 1 N–H and O–H groups in total. The summed E-state index contributed by atoms with van der Waals surface area (Å²) in [5.41, 5.74) is 1.46. The van der Waals surface area contributed by atoms with Gasteiger partial charge in [0, 0.05) is 24.4 Å². The average molecular weight is 358 g/mol. The summed E-state index contributed by atoms with van der Waals surface area (Å²) in [5, 5.41) is 3.28. The molecule has 2 fully saturated rings. The zero-order chi connectivity index (χ0) is 18.4. The van der Waals surface area contributed by atoms with E-state index in [0.717, 1.165) is 38.9 Å². The molecule has 1 atom stereocenters. The minimum absolute atomic E-state index is 0.0884. The van der Waals surface area contributed by atoms with Crippen molar-refractivity contribution in [1.82, 2.24) is 15.1 Å². The van der Waals surface area contributed by atoms with Crippen LogP contribution in [-0.4, -0.2) is 62.0 Å². The van der Waals surface area contributed by atoms with Crippen LogP contribution >= 0.6 is 0 Å². The van der Waals surface area contributed by atoms with E-state index in [1.54, 1.807) is 0 Å². The first kappa shape index (κ1) is 19.4. The van der Waals surface area contributed by atoms with Crippen LogP contribution < -0.4 is 5.32 Å². The predicted octanol–water partition coefficient (Wildman–Crippen LogP) is 3.03. The lowest BCUT2D eigenvalue weighted by molar-refractivity contribution is -0.121. The quantitative estimate of drug-likeness (QED) is 0.850. The van der Waals surface area contributed by atoms with Gasteiger partial charge in [0.05, 0.1) is 0 Å². The van der Waals surface area contributed by atoms with Gasteiger partial charge in [0.15, 0.2) is 0 Å². The van der Waals surface area contributed by atoms with Crippen LogP contribution in [0.15, 0.2) is 30.3 Å². The Balaban J connectivity index is 1.55. The maximum absolute atomic E-state index is 12.5. The number of likely N-dealkylation sites (tertiary alicyclic amines) is 2. The fraction of sp³-hybridized carbons (Fsp3) is 0.682. The van der Waals surface area contributed by atoms with Gasteiger partial charge in [0.1, 0.15) is 0 Å². The smallest absolute Gasteiger partial charge is 0.220 e. The number of hydrogen-bond donors (Lipinski definition) is 1. The monoisotopic (exact) mass is 357 g/mol. The molecule has 2 saturated heterocycles. The van der Waals surface area contributed by atoms with Crippen LogP contribution in [0.5, 0.6) is 0 Å². The molecule has 0 aliphatic carbocycles. The maximum atomic E-state index is 12.5. The Morgan fingerprint density at radius 1 is 1.12 bits per heavy atom. The van der Waals surface area contributed by atoms with Crippen molar-refractivity contribution in [2.24, 2.45) is 0 Å². The van der Waals surface area contributed by atoms with Crippen LogP contribution in [0, 0.1) is 0 Å². The number of carbonyl (C=O) groups excluding carboxylic acids is 1. The molecule has 1 aromatic carbocycles. The van der Waals surface area contributed by atoms with Gasteiger partial charge < -0.3 is 15.1 Å². The molecule has 1 aromatic rings. The molecule has 4 heteroatoms. The molecule has 26 heavy (non-hydrogen) atoms. The molecule has 3 rings (SSSR count). The highest BCUT2D eigenvalue weighted by atomic mass is 16.1. The summed E-state index contributed by atoms with van der Waals surface area (Å²) in [6.07, 6.45) is 7.71. The number of nitrogens with one attached hydrogen (secondary N) is 1. The van der Waals surface area contributed by atoms with Crippen LogP contribution in [0.25, 0.3) is 0 Å². The van der Waals surface area contributed by atoms with E-state index in [0.29, 0.717) is 12.5 Å². The van der Waals surface area contributed by atoms with Gasteiger partial charge in [-0.2, -0.15) is 0 Å². The summed E-state index contributed by atoms with van der Waals surface area (Å²) in [7, 11) is 4.39. The van der Waals surface area contributed by atoms with E-state index in [-0.39, 0.29) is 11.3 Å². The normalized spacial score (nSPS) is 24.3. The average Bonchev–Trinajstić information content (AvgIpc) is 2.68. The highest BCUT2D eigenvalue weighted by molar-refractivity contribution is 5.76. The van der Waals surface area contributed by atoms with Gasteiger partial charge in [0.25, 0.3) is 0 Å². The number of piperidine rings is 2. The third-order valence-corrected chi connectivity index (χ3v) is 6.58. The molecule has 0 aromatic heterocycles. The minimum atomic E-state index is 0.0884. The van der Waals surface area contributed by atoms with Crippen molar-refractivity contribution >= 4 is 5.91 Å². The highest BCUT2D eigenvalue weighted by Gasteiger charge is 2.35. The standard InChI is InChI=1S/C22H35N3O/c1-24-16-13-22(14-17-24,19-8-4-3-5-9-19)18-23-21(26)12-11-20-10-6-7-15-25(20)2/h3-5,8-9,20H,6-7,10-18H2,1-2H3,(H,23,26)/t20-/m1/s1. The van der Waals surface area contributed by atoms with Gasteiger partial charge in [-0.1, -0.05) is 36.8 Å². The molecule has 0 bridgehead atoms. The Hall–Kier alpha value is -1.39. The Bertz CT molecular complexity index is 566. The molecule has 0 spiro atoms. The van der Waals surface area contributed by atoms with Crippen LogP contribution in [0.2, 0.25) is 0 Å². The number of hydrogen-bond acceptors (Lipinski definition) is 3. The summed E-state index contributed by atoms with van der Waals surface area (Å²) in [6.45, 7) is 4.14. The Morgan fingerprint density at radius 2 is 1.85 bits per heavy atom. The summed E-state index contributed by atoms with van der Waals surface area (Å²) in [4.78, 5) is 17.4. The van der Waals surface area contributed by atoms with E-state index in [9.17, 15) is 4.79 Å².